The number of unbranched alkanes of at least 4 members (excludes halogenated alkanes) is 8. The monoisotopic (exact) mass is 763 g/mol. The summed E-state index contributed by atoms with van der Waals surface area (Å²) in [5.41, 5.74) is 0. The number of hydrogen-bond acceptors (Lipinski definition) is 7. The van der Waals surface area contributed by atoms with Crippen LogP contribution >= 0.6 is 7.82 Å². The summed E-state index contributed by atoms with van der Waals surface area (Å²) in [5.74, 6) is -0.871. The van der Waals surface area contributed by atoms with Crippen LogP contribution in [0.15, 0.2) is 85.1 Å². The van der Waals surface area contributed by atoms with E-state index in [1.807, 2.05) is 39.4 Å². The van der Waals surface area contributed by atoms with Crippen LogP contribution in [0, 0.1) is 0 Å². The number of rotatable bonds is 34. The third-order valence-electron chi connectivity index (χ3n) is 7.73. The predicted octanol–water partition coefficient (Wildman–Crippen LogP) is 10.8. The Morgan fingerprint density at radius 3 is 1.74 bits per heavy atom. The molecule has 0 aliphatic heterocycles. The van der Waals surface area contributed by atoms with Crippen LogP contribution in [0.5, 0.6) is 0 Å². The maximum atomic E-state index is 12.6. The van der Waals surface area contributed by atoms with E-state index >= 15 is 0 Å². The average molecular weight is 763 g/mol. The number of ether oxygens (including phenoxy) is 2. The molecule has 0 saturated carbocycles. The van der Waals surface area contributed by atoms with Gasteiger partial charge in [-0.2, -0.15) is 0 Å². The van der Waals surface area contributed by atoms with Crippen LogP contribution in [-0.4, -0.2) is 74.9 Å². The van der Waals surface area contributed by atoms with Gasteiger partial charge in [-0.1, -0.05) is 125 Å². The summed E-state index contributed by atoms with van der Waals surface area (Å²) >= 11 is 0. The smallest absolute Gasteiger partial charge is 0.462 e. The van der Waals surface area contributed by atoms with Crippen molar-refractivity contribution >= 4 is 19.8 Å². The summed E-state index contributed by atoms with van der Waals surface area (Å²) in [5, 5.41) is 0. The van der Waals surface area contributed by atoms with E-state index in [2.05, 4.69) is 80.7 Å². The highest BCUT2D eigenvalue weighted by molar-refractivity contribution is 7.47. The summed E-state index contributed by atoms with van der Waals surface area (Å²) in [7, 11) is 1.42. The highest BCUT2D eigenvalue weighted by Crippen LogP contribution is 2.43. The van der Waals surface area contributed by atoms with Gasteiger partial charge in [-0.3, -0.25) is 18.6 Å². The summed E-state index contributed by atoms with van der Waals surface area (Å²) in [6, 6.07) is 0. The first kappa shape index (κ1) is 50.2. The molecule has 0 fully saturated rings. The summed E-state index contributed by atoms with van der Waals surface area (Å²) < 4.78 is 34.1. The highest BCUT2D eigenvalue weighted by atomic mass is 31.2. The van der Waals surface area contributed by atoms with Crippen LogP contribution in [0.1, 0.15) is 123 Å². The highest BCUT2D eigenvalue weighted by Gasteiger charge is 2.27. The molecule has 0 spiro atoms. The number of esters is 2. The van der Waals surface area contributed by atoms with Crippen molar-refractivity contribution in [1.82, 2.24) is 0 Å². The molecule has 0 bridgehead atoms. The van der Waals surface area contributed by atoms with Gasteiger partial charge in [0.25, 0.3) is 0 Å². The van der Waals surface area contributed by atoms with Crippen molar-refractivity contribution in [2.45, 2.75) is 129 Å². The van der Waals surface area contributed by atoms with Crippen LogP contribution in [0.2, 0.25) is 0 Å². The largest absolute Gasteiger partial charge is 0.472 e. The lowest BCUT2D eigenvalue weighted by atomic mass is 10.1. The Morgan fingerprint density at radius 2 is 1.11 bits per heavy atom. The van der Waals surface area contributed by atoms with Crippen molar-refractivity contribution in [2.24, 2.45) is 0 Å². The number of carbonyl (C=O) groups is 2. The van der Waals surface area contributed by atoms with Gasteiger partial charge in [0.2, 0.25) is 0 Å². The third kappa shape index (κ3) is 38.7. The SMILES string of the molecule is CC/C=C/C=C/C=C/CCCCCCCC(=O)OC(COC(=O)CCCCC/C=C/C/C=C/C/C=C/C/C=C/CC)COP(=O)(O)OCC[N+](C)(C)C. The van der Waals surface area contributed by atoms with Gasteiger partial charge in [0.1, 0.15) is 19.8 Å². The van der Waals surface area contributed by atoms with Gasteiger partial charge in [0.15, 0.2) is 6.10 Å². The molecule has 0 aliphatic carbocycles. The Kier molecular flexibility index (Phi) is 33.1. The van der Waals surface area contributed by atoms with E-state index < -0.39 is 32.5 Å². The number of quaternary nitrogens is 1. The molecule has 10 heteroatoms. The first-order valence-electron chi connectivity index (χ1n) is 19.8. The Bertz CT molecular complexity index is 1180. The molecule has 0 saturated heterocycles. The van der Waals surface area contributed by atoms with E-state index in [0.29, 0.717) is 23.9 Å². The van der Waals surface area contributed by atoms with Crippen LogP contribution < -0.4 is 0 Å². The van der Waals surface area contributed by atoms with Crippen LogP contribution in [0.3, 0.4) is 0 Å². The fraction of sp³-hybridized carbons (Fsp3) is 0.628. The zero-order chi connectivity index (χ0) is 39.3. The Hall–Kier alpha value is -2.81. The minimum atomic E-state index is -4.39. The van der Waals surface area contributed by atoms with Gasteiger partial charge in [-0.25, -0.2) is 4.57 Å². The number of carbonyl (C=O) groups excluding carboxylic acids is 2. The number of nitrogens with zero attached hydrogens (tertiary/aromatic N) is 1. The van der Waals surface area contributed by atoms with Gasteiger partial charge in [0, 0.05) is 12.8 Å². The lowest BCUT2D eigenvalue weighted by Gasteiger charge is -2.24. The van der Waals surface area contributed by atoms with Gasteiger partial charge in [0.05, 0.1) is 27.7 Å². The standard InChI is InChI=1S/C43H72NO8P/c1-6-8-10-12-14-16-18-20-21-22-24-25-27-29-31-33-35-42(45)49-39-41(40-51-53(47,48)50-38-37-44(3,4)5)52-43(46)36-34-32-30-28-26-23-19-17-15-13-11-9-7-2/h8-11,13-17,19-21,24-25,41H,6-7,12,18,22-23,26-40H2,1-5H3/p+1/b10-8+,11-9+,15-13+,16-14+,19-17+,21-20+,25-24+. The first-order valence-corrected chi connectivity index (χ1v) is 21.3. The molecular formula is C43H73NO8P+. The van der Waals surface area contributed by atoms with Crippen LogP contribution in [0.4, 0.5) is 0 Å². The van der Waals surface area contributed by atoms with E-state index in [9.17, 15) is 19.0 Å². The maximum absolute atomic E-state index is 12.6. The molecule has 0 rings (SSSR count). The lowest BCUT2D eigenvalue weighted by molar-refractivity contribution is -0.870. The summed E-state index contributed by atoms with van der Waals surface area (Å²) in [6.45, 7) is 4.07. The topological polar surface area (TPSA) is 108 Å². The second kappa shape index (κ2) is 34.9. The van der Waals surface area contributed by atoms with Crippen molar-refractivity contribution < 1.29 is 42.1 Å². The van der Waals surface area contributed by atoms with Crippen molar-refractivity contribution in [2.75, 3.05) is 47.5 Å². The van der Waals surface area contributed by atoms with Crippen molar-refractivity contribution in [3.8, 4) is 0 Å². The minimum Gasteiger partial charge on any atom is -0.462 e. The molecule has 0 amide bonds. The molecule has 2 atom stereocenters. The number of likely N-dealkylation sites (N-methyl/N-ethyl adjacent to an activating group) is 1. The van der Waals surface area contributed by atoms with Gasteiger partial charge in [-0.05, 0) is 70.6 Å². The number of phosphoric ester groups is 1. The van der Waals surface area contributed by atoms with E-state index in [1.165, 1.54) is 0 Å². The van der Waals surface area contributed by atoms with Crippen LogP contribution in [-0.2, 0) is 32.7 Å². The van der Waals surface area contributed by atoms with Crippen molar-refractivity contribution in [3.63, 3.8) is 0 Å². The molecule has 1 N–H and O–H groups in total. The molecule has 2 unspecified atom stereocenters. The Labute approximate surface area is 322 Å². The fourth-order valence-corrected chi connectivity index (χ4v) is 5.39. The van der Waals surface area contributed by atoms with Crippen LogP contribution in [0.25, 0.3) is 0 Å². The fourth-order valence-electron chi connectivity index (χ4n) is 4.65. The molecule has 302 valence electrons. The normalized spacial score (nSPS) is 14.6. The predicted molar refractivity (Wildman–Crippen MR) is 219 cm³/mol. The van der Waals surface area contributed by atoms with Gasteiger partial charge >= 0.3 is 19.8 Å². The third-order valence-corrected chi connectivity index (χ3v) is 8.72. The maximum Gasteiger partial charge on any atom is 0.472 e. The molecule has 0 aliphatic rings. The molecule has 0 aromatic rings. The second-order valence-corrected chi connectivity index (χ2v) is 15.4. The van der Waals surface area contributed by atoms with Crippen molar-refractivity contribution in [1.29, 1.82) is 0 Å². The van der Waals surface area contributed by atoms with E-state index in [4.69, 9.17) is 18.5 Å². The molecular weight excluding hydrogens is 689 g/mol. The Balaban J connectivity index is 4.52. The summed E-state index contributed by atoms with van der Waals surface area (Å²) in [6.07, 6.45) is 43.5. The number of phosphoric acid groups is 1. The number of hydrogen-bond donors (Lipinski definition) is 1. The van der Waals surface area contributed by atoms with Crippen molar-refractivity contribution in [3.05, 3.63) is 85.1 Å². The zero-order valence-corrected chi connectivity index (χ0v) is 34.6. The summed E-state index contributed by atoms with van der Waals surface area (Å²) in [4.78, 5) is 35.2. The first-order chi connectivity index (χ1) is 25.5. The van der Waals surface area contributed by atoms with E-state index in [1.54, 1.807) is 0 Å². The van der Waals surface area contributed by atoms with Gasteiger partial charge < -0.3 is 18.9 Å². The molecule has 0 heterocycles. The molecule has 9 nitrogen and oxygen atoms in total. The minimum absolute atomic E-state index is 0.0168. The zero-order valence-electron chi connectivity index (χ0n) is 33.7. The van der Waals surface area contributed by atoms with Gasteiger partial charge in [-0.15, -0.1) is 0 Å². The Morgan fingerprint density at radius 1 is 0.604 bits per heavy atom. The second-order valence-electron chi connectivity index (χ2n) is 14.0. The number of allylic oxidation sites excluding steroid dienone is 14. The van der Waals surface area contributed by atoms with E-state index in [0.717, 1.165) is 83.5 Å². The lowest BCUT2D eigenvalue weighted by Crippen LogP contribution is -2.37. The molecule has 53 heavy (non-hydrogen) atoms. The molecule has 0 aromatic heterocycles. The molecule has 0 radical (unpaired) electrons. The molecule has 0 aromatic carbocycles. The average Bonchev–Trinajstić information content (AvgIpc) is 3.10. The quantitative estimate of drug-likeness (QED) is 0.0172. The van der Waals surface area contributed by atoms with E-state index in [-0.39, 0.29) is 26.1 Å².